The van der Waals surface area contributed by atoms with Crippen LogP contribution in [0.5, 0.6) is 0 Å². The van der Waals surface area contributed by atoms with E-state index in [1.165, 1.54) is 11.8 Å². The predicted molar refractivity (Wildman–Crippen MR) is 88.4 cm³/mol. The Labute approximate surface area is 131 Å². The van der Waals surface area contributed by atoms with Gasteiger partial charge in [-0.25, -0.2) is 9.97 Å². The quantitative estimate of drug-likeness (QED) is 0.889. The van der Waals surface area contributed by atoms with E-state index in [-0.39, 0.29) is 5.91 Å². The molecular weight excluding hydrogens is 276 g/mol. The van der Waals surface area contributed by atoms with Crippen LogP contribution in [-0.2, 0) is 6.42 Å². The van der Waals surface area contributed by atoms with Crippen LogP contribution in [0.3, 0.4) is 0 Å². The fraction of sp³-hybridized carbons (Fsp3) is 0.353. The molecule has 5 heteroatoms. The van der Waals surface area contributed by atoms with Crippen molar-refractivity contribution in [1.82, 2.24) is 14.9 Å². The molecule has 0 aliphatic carbocycles. The molecule has 2 aromatic rings. The number of carbonyl (C=O) groups is 1. The molecular formula is C17H22N4O. The molecule has 0 radical (unpaired) electrons. The third-order valence-corrected chi connectivity index (χ3v) is 3.58. The van der Waals surface area contributed by atoms with Crippen LogP contribution < -0.4 is 5.32 Å². The zero-order valence-electron chi connectivity index (χ0n) is 13.3. The fourth-order valence-electron chi connectivity index (χ4n) is 2.26. The summed E-state index contributed by atoms with van der Waals surface area (Å²) in [6.45, 7) is 7.35. The average Bonchev–Trinajstić information content (AvgIpc) is 2.57. The van der Waals surface area contributed by atoms with Gasteiger partial charge in [0.05, 0.1) is 12.4 Å². The molecule has 0 aliphatic rings. The number of anilines is 2. The SMILES string of the molecule is CCc1ccccc1Nc1cnc(C(=O)N(CC)CC)cn1. The maximum absolute atomic E-state index is 12.2. The van der Waals surface area contributed by atoms with Crippen LogP contribution in [0.15, 0.2) is 36.7 Å². The predicted octanol–water partition coefficient (Wildman–Crippen LogP) is 3.26. The molecule has 0 fully saturated rings. The Morgan fingerprint density at radius 1 is 1.09 bits per heavy atom. The second kappa shape index (κ2) is 7.54. The number of para-hydroxylation sites is 1. The molecule has 0 aliphatic heterocycles. The van der Waals surface area contributed by atoms with Crippen molar-refractivity contribution >= 4 is 17.4 Å². The van der Waals surface area contributed by atoms with Crippen LogP contribution in [-0.4, -0.2) is 33.9 Å². The molecule has 5 nitrogen and oxygen atoms in total. The summed E-state index contributed by atoms with van der Waals surface area (Å²) in [4.78, 5) is 22.4. The second-order valence-corrected chi connectivity index (χ2v) is 4.90. The molecule has 0 spiro atoms. The summed E-state index contributed by atoms with van der Waals surface area (Å²) in [5, 5.41) is 3.25. The summed E-state index contributed by atoms with van der Waals surface area (Å²) < 4.78 is 0. The summed E-state index contributed by atoms with van der Waals surface area (Å²) in [7, 11) is 0. The second-order valence-electron chi connectivity index (χ2n) is 4.90. The normalized spacial score (nSPS) is 10.3. The van der Waals surface area contributed by atoms with Crippen LogP contribution in [0.25, 0.3) is 0 Å². The molecule has 1 aromatic carbocycles. The lowest BCUT2D eigenvalue weighted by Crippen LogP contribution is -2.31. The number of benzene rings is 1. The number of rotatable bonds is 6. The van der Waals surface area contributed by atoms with E-state index in [1.807, 2.05) is 32.0 Å². The molecule has 2 rings (SSSR count). The Morgan fingerprint density at radius 2 is 1.82 bits per heavy atom. The van der Waals surface area contributed by atoms with E-state index in [4.69, 9.17) is 0 Å². The van der Waals surface area contributed by atoms with Gasteiger partial charge in [0.2, 0.25) is 0 Å². The highest BCUT2D eigenvalue weighted by atomic mass is 16.2. The Bertz CT molecular complexity index is 621. The van der Waals surface area contributed by atoms with Crippen molar-refractivity contribution in [3.05, 3.63) is 47.9 Å². The molecule has 1 heterocycles. The van der Waals surface area contributed by atoms with Gasteiger partial charge in [0.25, 0.3) is 5.91 Å². The Balaban J connectivity index is 2.14. The Morgan fingerprint density at radius 3 is 2.41 bits per heavy atom. The first-order valence-corrected chi connectivity index (χ1v) is 7.65. The zero-order chi connectivity index (χ0) is 15.9. The highest BCUT2D eigenvalue weighted by molar-refractivity contribution is 5.92. The standard InChI is InChI=1S/C17H22N4O/c1-4-13-9-7-8-10-14(13)20-16-12-18-15(11-19-16)17(22)21(5-2)6-3/h7-12H,4-6H2,1-3H3,(H,19,20). The minimum atomic E-state index is -0.0852. The number of aromatic nitrogens is 2. The summed E-state index contributed by atoms with van der Waals surface area (Å²) in [5.41, 5.74) is 2.60. The lowest BCUT2D eigenvalue weighted by molar-refractivity contribution is 0.0766. The van der Waals surface area contributed by atoms with Crippen molar-refractivity contribution < 1.29 is 4.79 Å². The van der Waals surface area contributed by atoms with Crippen LogP contribution >= 0.6 is 0 Å². The van der Waals surface area contributed by atoms with Crippen molar-refractivity contribution in [2.24, 2.45) is 0 Å². The molecule has 1 amide bonds. The number of nitrogens with one attached hydrogen (secondary N) is 1. The van der Waals surface area contributed by atoms with E-state index >= 15 is 0 Å². The number of hydrogen-bond acceptors (Lipinski definition) is 4. The van der Waals surface area contributed by atoms with Gasteiger partial charge in [-0.3, -0.25) is 4.79 Å². The van der Waals surface area contributed by atoms with Crippen molar-refractivity contribution in [1.29, 1.82) is 0 Å². The third-order valence-electron chi connectivity index (χ3n) is 3.58. The molecule has 0 bridgehead atoms. The van der Waals surface area contributed by atoms with Gasteiger partial charge in [-0.05, 0) is 31.9 Å². The molecule has 1 aromatic heterocycles. The molecule has 22 heavy (non-hydrogen) atoms. The van der Waals surface area contributed by atoms with Gasteiger partial charge in [-0.2, -0.15) is 0 Å². The average molecular weight is 298 g/mol. The van der Waals surface area contributed by atoms with E-state index in [2.05, 4.69) is 28.3 Å². The molecule has 116 valence electrons. The first-order valence-electron chi connectivity index (χ1n) is 7.65. The first-order chi connectivity index (χ1) is 10.7. The third kappa shape index (κ3) is 3.61. The van der Waals surface area contributed by atoms with Gasteiger partial charge < -0.3 is 10.2 Å². The maximum Gasteiger partial charge on any atom is 0.274 e. The molecule has 0 unspecified atom stereocenters. The van der Waals surface area contributed by atoms with Gasteiger partial charge in [-0.15, -0.1) is 0 Å². The van der Waals surface area contributed by atoms with Crippen LogP contribution in [0, 0.1) is 0 Å². The van der Waals surface area contributed by atoms with Crippen molar-refractivity contribution in [3.8, 4) is 0 Å². The number of aryl methyl sites for hydroxylation is 1. The summed E-state index contributed by atoms with van der Waals surface area (Å²) in [6, 6.07) is 8.08. The topological polar surface area (TPSA) is 58.1 Å². The fourth-order valence-corrected chi connectivity index (χ4v) is 2.26. The molecule has 1 N–H and O–H groups in total. The van der Waals surface area contributed by atoms with Gasteiger partial charge in [0, 0.05) is 18.8 Å². The summed E-state index contributed by atoms with van der Waals surface area (Å²) >= 11 is 0. The van der Waals surface area contributed by atoms with E-state index in [1.54, 1.807) is 11.1 Å². The van der Waals surface area contributed by atoms with Crippen LogP contribution in [0.4, 0.5) is 11.5 Å². The van der Waals surface area contributed by atoms with Gasteiger partial charge >= 0.3 is 0 Å². The monoisotopic (exact) mass is 298 g/mol. The molecule has 0 saturated heterocycles. The summed E-state index contributed by atoms with van der Waals surface area (Å²) in [6.07, 6.45) is 4.07. The smallest absolute Gasteiger partial charge is 0.274 e. The van der Waals surface area contributed by atoms with Crippen molar-refractivity contribution in [2.75, 3.05) is 18.4 Å². The molecule has 0 atom stereocenters. The lowest BCUT2D eigenvalue weighted by atomic mass is 10.1. The number of nitrogens with zero attached hydrogens (tertiary/aromatic N) is 3. The highest BCUT2D eigenvalue weighted by Crippen LogP contribution is 2.19. The van der Waals surface area contributed by atoms with Crippen molar-refractivity contribution in [3.63, 3.8) is 0 Å². The first kappa shape index (κ1) is 15.9. The van der Waals surface area contributed by atoms with Gasteiger partial charge in [0.15, 0.2) is 0 Å². The van der Waals surface area contributed by atoms with E-state index in [0.717, 1.165) is 12.1 Å². The zero-order valence-corrected chi connectivity index (χ0v) is 13.3. The van der Waals surface area contributed by atoms with Gasteiger partial charge in [-0.1, -0.05) is 25.1 Å². The van der Waals surface area contributed by atoms with E-state index in [0.29, 0.717) is 24.6 Å². The minimum absolute atomic E-state index is 0.0852. The summed E-state index contributed by atoms with van der Waals surface area (Å²) in [5.74, 6) is 0.551. The Hall–Kier alpha value is -2.43. The number of carbonyl (C=O) groups excluding carboxylic acids is 1. The Kier molecular flexibility index (Phi) is 5.47. The van der Waals surface area contributed by atoms with E-state index < -0.39 is 0 Å². The maximum atomic E-state index is 12.2. The van der Waals surface area contributed by atoms with Crippen LogP contribution in [0.1, 0.15) is 36.8 Å². The lowest BCUT2D eigenvalue weighted by Gasteiger charge is -2.17. The highest BCUT2D eigenvalue weighted by Gasteiger charge is 2.14. The minimum Gasteiger partial charge on any atom is -0.339 e. The van der Waals surface area contributed by atoms with Gasteiger partial charge in [0.1, 0.15) is 11.5 Å². The number of hydrogen-bond donors (Lipinski definition) is 1. The number of amides is 1. The van der Waals surface area contributed by atoms with Crippen molar-refractivity contribution in [2.45, 2.75) is 27.2 Å². The van der Waals surface area contributed by atoms with E-state index in [9.17, 15) is 4.79 Å². The van der Waals surface area contributed by atoms with Crippen LogP contribution in [0.2, 0.25) is 0 Å². The largest absolute Gasteiger partial charge is 0.339 e. The molecule has 0 saturated carbocycles.